The maximum Gasteiger partial charge on any atom is 0.353 e. The summed E-state index contributed by atoms with van der Waals surface area (Å²) in [5.41, 5.74) is -0.161. The largest absolute Gasteiger partial charge is 0.363 e. The standard InChI is InChI=1S/C14H19N7O2S/c22-21(23)11-12(15-4-8-20-6-2-1-3-7-20)17-10-18-13(11)19-14-16-5-9-24-14/h5,9-10H,1-4,6-8H2,(H2,15,16,17,18,19). The van der Waals surface area contributed by atoms with E-state index >= 15 is 0 Å². The number of hydrogen-bond donors (Lipinski definition) is 2. The zero-order valence-corrected chi connectivity index (χ0v) is 14.0. The maximum atomic E-state index is 11.5. The van der Waals surface area contributed by atoms with Gasteiger partial charge in [0.15, 0.2) is 5.13 Å². The normalized spacial score (nSPS) is 15.2. The molecule has 24 heavy (non-hydrogen) atoms. The van der Waals surface area contributed by atoms with E-state index in [9.17, 15) is 10.1 Å². The van der Waals surface area contributed by atoms with E-state index in [-0.39, 0.29) is 17.3 Å². The van der Waals surface area contributed by atoms with Gasteiger partial charge in [-0.05, 0) is 25.9 Å². The second kappa shape index (κ2) is 7.97. The van der Waals surface area contributed by atoms with Crippen molar-refractivity contribution in [3.05, 3.63) is 28.0 Å². The van der Waals surface area contributed by atoms with Crippen LogP contribution in [0.3, 0.4) is 0 Å². The van der Waals surface area contributed by atoms with Crippen molar-refractivity contribution in [1.29, 1.82) is 0 Å². The van der Waals surface area contributed by atoms with E-state index in [1.807, 2.05) is 0 Å². The average molecular weight is 349 g/mol. The van der Waals surface area contributed by atoms with E-state index in [1.54, 1.807) is 11.6 Å². The number of likely N-dealkylation sites (tertiary alicyclic amines) is 1. The molecule has 3 heterocycles. The third-order valence-electron chi connectivity index (χ3n) is 3.83. The molecule has 2 aromatic rings. The summed E-state index contributed by atoms with van der Waals surface area (Å²) in [6.07, 6.45) is 6.65. The number of aromatic nitrogens is 3. The van der Waals surface area contributed by atoms with Crippen LogP contribution in [0.15, 0.2) is 17.9 Å². The first-order chi connectivity index (χ1) is 11.7. The van der Waals surface area contributed by atoms with Crippen molar-refractivity contribution in [3.8, 4) is 0 Å². The third-order valence-corrected chi connectivity index (χ3v) is 4.52. The molecule has 128 valence electrons. The smallest absolute Gasteiger partial charge is 0.353 e. The van der Waals surface area contributed by atoms with Crippen LogP contribution in [0.1, 0.15) is 19.3 Å². The van der Waals surface area contributed by atoms with Gasteiger partial charge in [-0.1, -0.05) is 6.42 Å². The van der Waals surface area contributed by atoms with Crippen LogP contribution in [0.2, 0.25) is 0 Å². The van der Waals surface area contributed by atoms with Gasteiger partial charge in [0.25, 0.3) is 0 Å². The molecule has 10 heteroatoms. The SMILES string of the molecule is O=[N+]([O-])c1c(NCCN2CCCCC2)ncnc1Nc1nccs1. The lowest BCUT2D eigenvalue weighted by Gasteiger charge is -2.26. The molecular weight excluding hydrogens is 330 g/mol. The van der Waals surface area contributed by atoms with Crippen molar-refractivity contribution < 1.29 is 4.92 Å². The number of rotatable bonds is 7. The molecule has 0 saturated carbocycles. The Labute approximate surface area is 143 Å². The average Bonchev–Trinajstić information content (AvgIpc) is 3.09. The van der Waals surface area contributed by atoms with Crippen LogP contribution in [0.4, 0.5) is 22.5 Å². The Hall–Kier alpha value is -2.33. The fourth-order valence-electron chi connectivity index (χ4n) is 2.67. The van der Waals surface area contributed by atoms with E-state index < -0.39 is 4.92 Å². The van der Waals surface area contributed by atoms with Gasteiger partial charge in [-0.25, -0.2) is 15.0 Å². The highest BCUT2D eigenvalue weighted by Crippen LogP contribution is 2.31. The topological polar surface area (TPSA) is 109 Å². The molecule has 0 spiro atoms. The summed E-state index contributed by atoms with van der Waals surface area (Å²) in [5, 5.41) is 19.7. The quantitative estimate of drug-likeness (QED) is 0.579. The van der Waals surface area contributed by atoms with Crippen LogP contribution in [-0.2, 0) is 0 Å². The Morgan fingerprint density at radius 3 is 2.71 bits per heavy atom. The Morgan fingerprint density at radius 1 is 1.21 bits per heavy atom. The zero-order chi connectivity index (χ0) is 16.8. The van der Waals surface area contributed by atoms with Gasteiger partial charge in [0.1, 0.15) is 6.33 Å². The Morgan fingerprint density at radius 2 is 2.00 bits per heavy atom. The Balaban J connectivity index is 1.68. The molecular formula is C14H19N7O2S. The highest BCUT2D eigenvalue weighted by molar-refractivity contribution is 7.13. The van der Waals surface area contributed by atoms with Crippen molar-refractivity contribution in [2.75, 3.05) is 36.8 Å². The van der Waals surface area contributed by atoms with E-state index in [0.29, 0.717) is 11.7 Å². The fraction of sp³-hybridized carbons (Fsp3) is 0.500. The lowest BCUT2D eigenvalue weighted by Crippen LogP contribution is -2.33. The van der Waals surface area contributed by atoms with Gasteiger partial charge < -0.3 is 15.5 Å². The second-order valence-electron chi connectivity index (χ2n) is 5.47. The number of hydrogen-bond acceptors (Lipinski definition) is 9. The Bertz CT molecular complexity index is 674. The summed E-state index contributed by atoms with van der Waals surface area (Å²) in [5.74, 6) is 0.372. The second-order valence-corrected chi connectivity index (χ2v) is 6.36. The summed E-state index contributed by atoms with van der Waals surface area (Å²) in [6.45, 7) is 3.62. The molecule has 1 saturated heterocycles. The molecule has 3 rings (SSSR count). The van der Waals surface area contributed by atoms with Crippen molar-refractivity contribution in [2.24, 2.45) is 0 Å². The monoisotopic (exact) mass is 349 g/mol. The van der Waals surface area contributed by atoms with Crippen molar-refractivity contribution in [1.82, 2.24) is 19.9 Å². The van der Waals surface area contributed by atoms with Gasteiger partial charge >= 0.3 is 5.69 Å². The third kappa shape index (κ3) is 4.15. The molecule has 2 N–H and O–H groups in total. The van der Waals surface area contributed by atoms with E-state index in [4.69, 9.17) is 0 Å². The highest BCUT2D eigenvalue weighted by Gasteiger charge is 2.23. The molecule has 0 amide bonds. The first-order valence-corrected chi connectivity index (χ1v) is 8.74. The van der Waals surface area contributed by atoms with Crippen molar-refractivity contribution in [2.45, 2.75) is 19.3 Å². The molecule has 0 bridgehead atoms. The Kier molecular flexibility index (Phi) is 5.49. The maximum absolute atomic E-state index is 11.5. The summed E-state index contributed by atoms with van der Waals surface area (Å²) in [6, 6.07) is 0. The molecule has 0 aliphatic carbocycles. The van der Waals surface area contributed by atoms with Gasteiger partial charge in [-0.3, -0.25) is 10.1 Å². The number of anilines is 3. The summed E-state index contributed by atoms with van der Waals surface area (Å²) in [7, 11) is 0. The molecule has 1 aliphatic rings. The minimum atomic E-state index is -0.473. The van der Waals surface area contributed by atoms with Crippen LogP contribution >= 0.6 is 11.3 Å². The van der Waals surface area contributed by atoms with Gasteiger partial charge in [-0.15, -0.1) is 11.3 Å². The summed E-state index contributed by atoms with van der Waals surface area (Å²) >= 11 is 1.35. The van der Waals surface area contributed by atoms with E-state index in [2.05, 4.69) is 30.5 Å². The molecule has 9 nitrogen and oxygen atoms in total. The number of nitrogens with one attached hydrogen (secondary N) is 2. The molecule has 0 unspecified atom stereocenters. The molecule has 0 radical (unpaired) electrons. The predicted octanol–water partition coefficient (Wildman–Crippen LogP) is 2.48. The lowest BCUT2D eigenvalue weighted by atomic mass is 10.1. The van der Waals surface area contributed by atoms with Gasteiger partial charge in [-0.2, -0.15) is 0 Å². The minimum absolute atomic E-state index is 0.144. The van der Waals surface area contributed by atoms with Crippen LogP contribution in [0.5, 0.6) is 0 Å². The number of nitro groups is 1. The van der Waals surface area contributed by atoms with Crippen LogP contribution < -0.4 is 10.6 Å². The van der Waals surface area contributed by atoms with Crippen LogP contribution in [0, 0.1) is 10.1 Å². The molecule has 1 fully saturated rings. The van der Waals surface area contributed by atoms with E-state index in [1.165, 1.54) is 36.9 Å². The molecule has 0 aromatic carbocycles. The van der Waals surface area contributed by atoms with Gasteiger partial charge in [0.2, 0.25) is 11.6 Å². The summed E-state index contributed by atoms with van der Waals surface area (Å²) in [4.78, 5) is 25.4. The van der Waals surface area contributed by atoms with Crippen molar-refractivity contribution >= 4 is 33.8 Å². The molecule has 2 aromatic heterocycles. The van der Waals surface area contributed by atoms with Crippen molar-refractivity contribution in [3.63, 3.8) is 0 Å². The lowest BCUT2D eigenvalue weighted by molar-refractivity contribution is -0.383. The van der Waals surface area contributed by atoms with Crippen LogP contribution in [0.25, 0.3) is 0 Å². The zero-order valence-electron chi connectivity index (χ0n) is 13.1. The van der Waals surface area contributed by atoms with Gasteiger partial charge in [0, 0.05) is 24.7 Å². The summed E-state index contributed by atoms with van der Waals surface area (Å²) < 4.78 is 0. The van der Waals surface area contributed by atoms with Crippen LogP contribution in [-0.4, -0.2) is 51.0 Å². The first-order valence-electron chi connectivity index (χ1n) is 7.86. The number of thiazole rings is 1. The fourth-order valence-corrected chi connectivity index (χ4v) is 3.20. The minimum Gasteiger partial charge on any atom is -0.363 e. The predicted molar refractivity (Wildman–Crippen MR) is 92.9 cm³/mol. The number of nitrogens with zero attached hydrogens (tertiary/aromatic N) is 5. The number of piperidine rings is 1. The van der Waals surface area contributed by atoms with Gasteiger partial charge in [0.05, 0.1) is 4.92 Å². The highest BCUT2D eigenvalue weighted by atomic mass is 32.1. The molecule has 1 aliphatic heterocycles. The molecule has 0 atom stereocenters. The van der Waals surface area contributed by atoms with E-state index in [0.717, 1.165) is 19.6 Å². The first kappa shape index (κ1) is 16.5.